The Morgan fingerprint density at radius 1 is 0.955 bits per heavy atom. The number of aromatic hydroxyl groups is 2. The molecule has 8 nitrogen and oxygen atoms in total. The summed E-state index contributed by atoms with van der Waals surface area (Å²) in [5, 5.41) is 27.7. The molecule has 110 valence electrons. The van der Waals surface area contributed by atoms with Crippen LogP contribution in [-0.2, 0) is 0 Å². The van der Waals surface area contributed by atoms with Crippen LogP contribution < -0.4 is 0 Å². The van der Waals surface area contributed by atoms with Gasteiger partial charge in [0.25, 0.3) is 11.6 Å². The number of aromatic nitrogens is 2. The van der Waals surface area contributed by atoms with Gasteiger partial charge in [0.1, 0.15) is 17.2 Å². The van der Waals surface area contributed by atoms with Crippen LogP contribution in [0.25, 0.3) is 9.69 Å². The van der Waals surface area contributed by atoms with Crippen LogP contribution in [0, 0.1) is 33.9 Å². The van der Waals surface area contributed by atoms with Crippen molar-refractivity contribution in [3.8, 4) is 11.5 Å². The van der Waals surface area contributed by atoms with Crippen LogP contribution in [0.1, 0.15) is 16.7 Å². The fourth-order valence-electron chi connectivity index (χ4n) is 1.87. The van der Waals surface area contributed by atoms with Crippen molar-refractivity contribution in [2.45, 2.75) is 20.8 Å². The van der Waals surface area contributed by atoms with Gasteiger partial charge in [-0.05, 0) is 31.9 Å². The molecule has 0 amide bonds. The van der Waals surface area contributed by atoms with E-state index in [1.807, 2.05) is 0 Å². The molecule has 0 aliphatic heterocycles. The molecule has 0 spiro atoms. The molecular weight excluding hydrogens is 284 g/mol. The van der Waals surface area contributed by atoms with Crippen LogP contribution in [0.4, 0.5) is 23.3 Å². The van der Waals surface area contributed by atoms with Gasteiger partial charge in [-0.15, -0.1) is 5.11 Å². The van der Waals surface area contributed by atoms with E-state index in [1.165, 1.54) is 0 Å². The van der Waals surface area contributed by atoms with Crippen LogP contribution in [0.15, 0.2) is 10.2 Å². The van der Waals surface area contributed by atoms with Gasteiger partial charge < -0.3 is 19.9 Å². The molecule has 0 saturated carbocycles. The molecule has 1 heterocycles. The number of aromatic amines is 1. The highest BCUT2D eigenvalue weighted by atomic mass is 16.3. The summed E-state index contributed by atoms with van der Waals surface area (Å²) in [5.74, 6) is -0.255. The van der Waals surface area contributed by atoms with Crippen LogP contribution in [0.3, 0.4) is 0 Å². The van der Waals surface area contributed by atoms with Gasteiger partial charge in [-0.25, -0.2) is 0 Å². The highest BCUT2D eigenvalue weighted by molar-refractivity contribution is 5.68. The molecule has 0 bridgehead atoms. The highest BCUT2D eigenvalue weighted by Crippen LogP contribution is 2.42. The topological polar surface area (TPSA) is 103 Å². The lowest BCUT2D eigenvalue weighted by Crippen LogP contribution is -1.88. The Hall–Kier alpha value is -3.39. The van der Waals surface area contributed by atoms with E-state index in [1.54, 1.807) is 20.8 Å². The molecule has 2 aromatic rings. The van der Waals surface area contributed by atoms with Crippen molar-refractivity contribution in [2.75, 3.05) is 0 Å². The molecule has 1 aromatic carbocycles. The number of phenolic OH excluding ortho intramolecular Hbond substituents is 2. The van der Waals surface area contributed by atoms with E-state index in [-0.39, 0.29) is 34.8 Å². The largest absolute Gasteiger partial charge is 0.507 e. The second-order valence-electron chi connectivity index (χ2n) is 4.58. The van der Waals surface area contributed by atoms with Crippen LogP contribution in [-0.4, -0.2) is 20.2 Å². The summed E-state index contributed by atoms with van der Waals surface area (Å²) in [6, 6.07) is 0. The molecule has 2 rings (SSSR count). The molecule has 3 N–H and O–H groups in total. The third-order valence-corrected chi connectivity index (χ3v) is 3.32. The van der Waals surface area contributed by atoms with Gasteiger partial charge in [-0.2, -0.15) is 0 Å². The quantitative estimate of drug-likeness (QED) is 0.569. The first kappa shape index (κ1) is 15.0. The molecule has 0 radical (unpaired) electrons. The number of hydrogen-bond acceptors (Lipinski definition) is 5. The molecule has 0 aliphatic carbocycles. The zero-order valence-corrected chi connectivity index (χ0v) is 12.1. The zero-order chi connectivity index (χ0) is 16.4. The van der Waals surface area contributed by atoms with Gasteiger partial charge in [-0.3, -0.25) is 4.98 Å². The predicted molar refractivity (Wildman–Crippen MR) is 79.3 cm³/mol. The lowest BCUT2D eigenvalue weighted by molar-refractivity contribution is 0.440. The van der Waals surface area contributed by atoms with Crippen LogP contribution in [0.5, 0.6) is 11.5 Å². The zero-order valence-electron chi connectivity index (χ0n) is 12.1. The Bertz CT molecular complexity index is 806. The van der Waals surface area contributed by atoms with Gasteiger partial charge in [0.05, 0.1) is 0 Å². The number of benzene rings is 1. The van der Waals surface area contributed by atoms with E-state index < -0.39 is 0 Å². The minimum atomic E-state index is -0.174. The predicted octanol–water partition coefficient (Wildman–Crippen LogP) is 4.26. The van der Waals surface area contributed by atoms with E-state index in [0.717, 1.165) is 0 Å². The Balaban J connectivity index is 2.50. The summed E-state index contributed by atoms with van der Waals surface area (Å²) in [6.45, 7) is 18.8. The SMILES string of the molecule is [C-]#[N+]c1nc(N=Nc2c(C)c(C)c(O)c(C)c2O)[nH]c1[N+]#[C-]. The fourth-order valence-corrected chi connectivity index (χ4v) is 1.87. The van der Waals surface area contributed by atoms with Crippen molar-refractivity contribution >= 4 is 23.3 Å². The Morgan fingerprint density at radius 3 is 2.18 bits per heavy atom. The summed E-state index contributed by atoms with van der Waals surface area (Å²) in [4.78, 5) is 12.6. The molecule has 0 unspecified atom stereocenters. The number of hydrogen-bond donors (Lipinski definition) is 3. The minimum absolute atomic E-state index is 0.000758. The lowest BCUT2D eigenvalue weighted by Gasteiger charge is -2.11. The fraction of sp³-hybridized carbons (Fsp3) is 0.214. The molecule has 1 aromatic heterocycles. The van der Waals surface area contributed by atoms with Gasteiger partial charge in [0.2, 0.25) is 0 Å². The molecule has 0 saturated heterocycles. The van der Waals surface area contributed by atoms with Crippen molar-refractivity contribution < 1.29 is 10.2 Å². The number of imidazole rings is 1. The van der Waals surface area contributed by atoms with Gasteiger partial charge >= 0.3 is 5.95 Å². The average Bonchev–Trinajstić information content (AvgIpc) is 2.93. The summed E-state index contributed by atoms with van der Waals surface area (Å²) >= 11 is 0. The van der Waals surface area contributed by atoms with E-state index >= 15 is 0 Å². The molecule has 0 aliphatic rings. The molecule has 0 atom stereocenters. The number of nitrogens with one attached hydrogen (secondary N) is 1. The van der Waals surface area contributed by atoms with Crippen LogP contribution >= 0.6 is 0 Å². The van der Waals surface area contributed by atoms with Crippen molar-refractivity contribution in [2.24, 2.45) is 10.2 Å². The maximum atomic E-state index is 10.1. The average molecular weight is 296 g/mol. The third-order valence-electron chi connectivity index (χ3n) is 3.32. The Kier molecular flexibility index (Phi) is 3.78. The highest BCUT2D eigenvalue weighted by Gasteiger charge is 2.18. The maximum absolute atomic E-state index is 10.1. The van der Waals surface area contributed by atoms with E-state index in [0.29, 0.717) is 16.7 Å². The Morgan fingerprint density at radius 2 is 1.64 bits per heavy atom. The molecule has 0 fully saturated rings. The minimum Gasteiger partial charge on any atom is -0.507 e. The molecular formula is C14H12N6O2. The normalized spacial score (nSPS) is 10.6. The summed E-state index contributed by atoms with van der Waals surface area (Å²) in [7, 11) is 0. The first-order valence-electron chi connectivity index (χ1n) is 6.19. The summed E-state index contributed by atoms with van der Waals surface area (Å²) in [5.41, 5.74) is 1.68. The van der Waals surface area contributed by atoms with Gasteiger partial charge in [0, 0.05) is 5.56 Å². The van der Waals surface area contributed by atoms with Crippen molar-refractivity contribution in [3.05, 3.63) is 39.5 Å². The number of nitrogens with zero attached hydrogens (tertiary/aromatic N) is 5. The number of azo groups is 1. The number of phenols is 2. The second-order valence-corrected chi connectivity index (χ2v) is 4.58. The van der Waals surface area contributed by atoms with E-state index in [9.17, 15) is 10.2 Å². The van der Waals surface area contributed by atoms with E-state index in [4.69, 9.17) is 13.1 Å². The van der Waals surface area contributed by atoms with Crippen LogP contribution in [0.2, 0.25) is 0 Å². The van der Waals surface area contributed by atoms with Gasteiger partial charge in [0.15, 0.2) is 0 Å². The van der Waals surface area contributed by atoms with Crippen molar-refractivity contribution in [1.29, 1.82) is 0 Å². The van der Waals surface area contributed by atoms with Crippen molar-refractivity contribution in [3.63, 3.8) is 0 Å². The van der Waals surface area contributed by atoms with E-state index in [2.05, 4.69) is 29.9 Å². The molecule has 8 heteroatoms. The first-order valence-corrected chi connectivity index (χ1v) is 6.19. The molecule has 22 heavy (non-hydrogen) atoms. The number of H-pyrrole nitrogens is 1. The third kappa shape index (κ3) is 2.34. The maximum Gasteiger partial charge on any atom is 0.414 e. The monoisotopic (exact) mass is 296 g/mol. The van der Waals surface area contributed by atoms with Gasteiger partial charge in [-0.1, -0.05) is 23.2 Å². The first-order chi connectivity index (χ1) is 10.4. The smallest absolute Gasteiger partial charge is 0.414 e. The second kappa shape index (κ2) is 5.54. The standard InChI is InChI=1S/C14H12N6O2/c1-6-7(2)10(21)8(3)11(22)9(6)19-20-14-17-12(15-4)13(16-5)18-14/h21-22H,1-3H3,(H,17,18). The lowest BCUT2D eigenvalue weighted by atomic mass is 10.0. The number of rotatable bonds is 2. The summed E-state index contributed by atoms with van der Waals surface area (Å²) < 4.78 is 0. The Labute approximate surface area is 126 Å². The van der Waals surface area contributed by atoms with Crippen molar-refractivity contribution in [1.82, 2.24) is 9.97 Å². The summed E-state index contributed by atoms with van der Waals surface area (Å²) in [6.07, 6.45) is 0.